The third-order valence-electron chi connectivity index (χ3n) is 3.31. The molecule has 5 nitrogen and oxygen atoms in total. The van der Waals surface area contributed by atoms with E-state index in [9.17, 15) is 4.79 Å². The fourth-order valence-corrected chi connectivity index (χ4v) is 2.11. The van der Waals surface area contributed by atoms with E-state index >= 15 is 0 Å². The summed E-state index contributed by atoms with van der Waals surface area (Å²) in [6.07, 6.45) is -0.627. The molecule has 0 aromatic heterocycles. The zero-order chi connectivity index (χ0) is 15.9. The number of nitrogen functional groups attached to an aromatic ring is 1. The van der Waals surface area contributed by atoms with Crippen molar-refractivity contribution in [3.63, 3.8) is 0 Å². The second-order valence-corrected chi connectivity index (χ2v) is 4.85. The Morgan fingerprint density at radius 1 is 1.18 bits per heavy atom. The number of hydrogen-bond donors (Lipinski definition) is 3. The van der Waals surface area contributed by atoms with Gasteiger partial charge in [-0.25, -0.2) is 0 Å². The molecule has 0 saturated heterocycles. The summed E-state index contributed by atoms with van der Waals surface area (Å²) in [5.74, 6) is -0.163. The summed E-state index contributed by atoms with van der Waals surface area (Å²) in [6, 6.07) is 16.5. The number of nitrogens with two attached hydrogens (primary N) is 1. The first-order valence-corrected chi connectivity index (χ1v) is 6.90. The Labute approximate surface area is 129 Å². The lowest BCUT2D eigenvalue weighted by Gasteiger charge is -2.15. The number of methoxy groups -OCH3 is 1. The Balaban J connectivity index is 1.98. The Hall–Kier alpha value is -2.66. The first-order valence-electron chi connectivity index (χ1n) is 6.90. The average Bonchev–Trinajstić information content (AvgIpc) is 2.55. The van der Waals surface area contributed by atoms with Crippen LogP contribution in [0.2, 0.25) is 0 Å². The minimum Gasteiger partial charge on any atom is -0.384 e. The summed E-state index contributed by atoms with van der Waals surface area (Å²) in [4.78, 5) is 12.2. The third-order valence-corrected chi connectivity index (χ3v) is 3.31. The summed E-state index contributed by atoms with van der Waals surface area (Å²) in [7, 11) is 1.51. The van der Waals surface area contributed by atoms with Crippen LogP contribution in [0.25, 0.3) is 0 Å². The second-order valence-electron chi connectivity index (χ2n) is 4.85. The van der Waals surface area contributed by atoms with Gasteiger partial charge >= 0.3 is 0 Å². The van der Waals surface area contributed by atoms with Gasteiger partial charge in [0.15, 0.2) is 6.10 Å². The first kappa shape index (κ1) is 15.7. The SMILES string of the molecule is COC(C(=O)NCc1ccc(C(=N)N)cc1)c1ccccc1. The van der Waals surface area contributed by atoms with Gasteiger partial charge in [0, 0.05) is 19.2 Å². The van der Waals surface area contributed by atoms with Gasteiger partial charge in [0.2, 0.25) is 0 Å². The lowest BCUT2D eigenvalue weighted by atomic mass is 10.1. The third kappa shape index (κ3) is 3.93. The molecule has 114 valence electrons. The van der Waals surface area contributed by atoms with Crippen LogP contribution in [-0.4, -0.2) is 18.9 Å². The largest absolute Gasteiger partial charge is 0.384 e. The Morgan fingerprint density at radius 3 is 2.36 bits per heavy atom. The highest BCUT2D eigenvalue weighted by Gasteiger charge is 2.19. The molecule has 5 heteroatoms. The lowest BCUT2D eigenvalue weighted by molar-refractivity contribution is -0.131. The molecule has 1 amide bonds. The molecule has 0 aliphatic rings. The van der Waals surface area contributed by atoms with Crippen LogP contribution in [0.15, 0.2) is 54.6 Å². The summed E-state index contributed by atoms with van der Waals surface area (Å²) in [5, 5.41) is 10.2. The molecule has 1 atom stereocenters. The summed E-state index contributed by atoms with van der Waals surface area (Å²) < 4.78 is 5.28. The molecule has 0 spiro atoms. The first-order chi connectivity index (χ1) is 10.6. The van der Waals surface area contributed by atoms with Crippen LogP contribution in [-0.2, 0) is 16.1 Å². The highest BCUT2D eigenvalue weighted by Crippen LogP contribution is 2.16. The molecule has 2 aromatic rings. The van der Waals surface area contributed by atoms with E-state index < -0.39 is 6.10 Å². The minimum atomic E-state index is -0.627. The highest BCUT2D eigenvalue weighted by atomic mass is 16.5. The fraction of sp³-hybridized carbons (Fsp3) is 0.176. The van der Waals surface area contributed by atoms with E-state index in [4.69, 9.17) is 15.9 Å². The van der Waals surface area contributed by atoms with E-state index in [0.717, 1.165) is 11.1 Å². The van der Waals surface area contributed by atoms with Gasteiger partial charge in [-0.15, -0.1) is 0 Å². The number of amides is 1. The fourth-order valence-electron chi connectivity index (χ4n) is 2.11. The summed E-state index contributed by atoms with van der Waals surface area (Å²) in [5.41, 5.74) is 7.81. The van der Waals surface area contributed by atoms with Gasteiger partial charge < -0.3 is 15.8 Å². The maximum Gasteiger partial charge on any atom is 0.254 e. The number of carbonyl (C=O) groups is 1. The predicted octanol–water partition coefficient (Wildman–Crippen LogP) is 1.97. The maximum absolute atomic E-state index is 12.2. The molecule has 2 rings (SSSR count). The molecule has 0 aliphatic carbocycles. The van der Waals surface area contributed by atoms with Crippen LogP contribution >= 0.6 is 0 Å². The van der Waals surface area contributed by atoms with Crippen molar-refractivity contribution in [2.45, 2.75) is 12.6 Å². The van der Waals surface area contributed by atoms with Gasteiger partial charge in [0.1, 0.15) is 5.84 Å². The van der Waals surface area contributed by atoms with Gasteiger partial charge in [-0.05, 0) is 11.1 Å². The van der Waals surface area contributed by atoms with Crippen molar-refractivity contribution in [1.29, 1.82) is 5.41 Å². The molecule has 4 N–H and O–H groups in total. The van der Waals surface area contributed by atoms with E-state index in [1.54, 1.807) is 12.1 Å². The minimum absolute atomic E-state index is 0.0270. The van der Waals surface area contributed by atoms with Crippen LogP contribution in [0.3, 0.4) is 0 Å². The van der Waals surface area contributed by atoms with Crippen LogP contribution in [0.5, 0.6) is 0 Å². The molecule has 1 unspecified atom stereocenters. The standard InChI is InChI=1S/C17H19N3O2/c1-22-15(13-5-3-2-4-6-13)17(21)20-11-12-7-9-14(10-8-12)16(18)19/h2-10,15H,11H2,1H3,(H3,18,19)(H,20,21). The highest BCUT2D eigenvalue weighted by molar-refractivity contribution is 5.94. The zero-order valence-electron chi connectivity index (χ0n) is 12.4. The van der Waals surface area contributed by atoms with Crippen LogP contribution in [0.1, 0.15) is 22.8 Å². The van der Waals surface area contributed by atoms with Gasteiger partial charge in [0.25, 0.3) is 5.91 Å². The Bertz CT molecular complexity index is 639. The zero-order valence-corrected chi connectivity index (χ0v) is 12.4. The maximum atomic E-state index is 12.2. The van der Waals surface area contributed by atoms with E-state index in [1.807, 2.05) is 42.5 Å². The second kappa shape index (κ2) is 7.38. The van der Waals surface area contributed by atoms with Gasteiger partial charge in [0.05, 0.1) is 0 Å². The van der Waals surface area contributed by atoms with E-state index in [0.29, 0.717) is 12.1 Å². The lowest BCUT2D eigenvalue weighted by Crippen LogP contribution is -2.30. The van der Waals surface area contributed by atoms with Gasteiger partial charge in [-0.1, -0.05) is 54.6 Å². The molecule has 0 heterocycles. The normalized spacial score (nSPS) is 11.7. The quantitative estimate of drug-likeness (QED) is 0.562. The molecular formula is C17H19N3O2. The molecule has 0 saturated carbocycles. The Morgan fingerprint density at radius 2 is 1.82 bits per heavy atom. The smallest absolute Gasteiger partial charge is 0.254 e. The topological polar surface area (TPSA) is 88.2 Å². The molecule has 0 bridgehead atoms. The Kier molecular flexibility index (Phi) is 5.27. The molecule has 2 aromatic carbocycles. The molecule has 0 fully saturated rings. The number of carbonyl (C=O) groups excluding carboxylic acids is 1. The van der Waals surface area contributed by atoms with E-state index in [1.165, 1.54) is 7.11 Å². The van der Waals surface area contributed by atoms with Crippen molar-refractivity contribution < 1.29 is 9.53 Å². The van der Waals surface area contributed by atoms with E-state index in [2.05, 4.69) is 5.32 Å². The number of ether oxygens (including phenoxy) is 1. The van der Waals surface area contributed by atoms with Crippen molar-refractivity contribution in [2.24, 2.45) is 5.73 Å². The van der Waals surface area contributed by atoms with Crippen LogP contribution < -0.4 is 11.1 Å². The van der Waals surface area contributed by atoms with Gasteiger partial charge in [-0.2, -0.15) is 0 Å². The molecule has 0 radical (unpaired) electrons. The summed E-state index contributed by atoms with van der Waals surface area (Å²) >= 11 is 0. The van der Waals surface area contributed by atoms with E-state index in [-0.39, 0.29) is 11.7 Å². The van der Waals surface area contributed by atoms with Crippen molar-refractivity contribution in [2.75, 3.05) is 7.11 Å². The summed E-state index contributed by atoms with van der Waals surface area (Å²) in [6.45, 7) is 0.393. The number of nitrogens with one attached hydrogen (secondary N) is 2. The van der Waals surface area contributed by atoms with Gasteiger partial charge in [-0.3, -0.25) is 10.2 Å². The number of hydrogen-bond acceptors (Lipinski definition) is 3. The van der Waals surface area contributed by atoms with Crippen molar-refractivity contribution in [3.05, 3.63) is 71.3 Å². The number of rotatable bonds is 6. The number of benzene rings is 2. The molecule has 0 aliphatic heterocycles. The number of amidine groups is 1. The monoisotopic (exact) mass is 297 g/mol. The van der Waals surface area contributed by atoms with Crippen molar-refractivity contribution >= 4 is 11.7 Å². The average molecular weight is 297 g/mol. The molecular weight excluding hydrogens is 278 g/mol. The van der Waals surface area contributed by atoms with Crippen LogP contribution in [0, 0.1) is 5.41 Å². The van der Waals surface area contributed by atoms with Crippen molar-refractivity contribution in [3.8, 4) is 0 Å². The van der Waals surface area contributed by atoms with Crippen LogP contribution in [0.4, 0.5) is 0 Å². The molecule has 22 heavy (non-hydrogen) atoms. The predicted molar refractivity (Wildman–Crippen MR) is 85.5 cm³/mol. The van der Waals surface area contributed by atoms with Crippen molar-refractivity contribution in [1.82, 2.24) is 5.32 Å².